The Labute approximate surface area is 163 Å². The number of benzene rings is 1. The molecule has 0 unspecified atom stereocenters. The first-order valence-electron chi connectivity index (χ1n) is 9.38. The van der Waals surface area contributed by atoms with Crippen LogP contribution in [0.4, 0.5) is 5.69 Å². The summed E-state index contributed by atoms with van der Waals surface area (Å²) >= 11 is 0. The average Bonchev–Trinajstić information content (AvgIpc) is 3.14. The maximum Gasteiger partial charge on any atom is 0.261 e. The van der Waals surface area contributed by atoms with Gasteiger partial charge in [0.25, 0.3) is 5.56 Å². The molecule has 0 aliphatic rings. The number of aryl methyl sites for hydroxylation is 3. The molecule has 0 radical (unpaired) electrons. The highest BCUT2D eigenvalue weighted by Gasteiger charge is 2.15. The van der Waals surface area contributed by atoms with Crippen molar-refractivity contribution in [2.75, 3.05) is 5.32 Å². The molecule has 28 heavy (non-hydrogen) atoms. The molecule has 2 aromatic heterocycles. The van der Waals surface area contributed by atoms with Gasteiger partial charge in [0, 0.05) is 30.8 Å². The minimum absolute atomic E-state index is 0.130. The predicted molar refractivity (Wildman–Crippen MR) is 107 cm³/mol. The molecule has 0 fully saturated rings. The van der Waals surface area contributed by atoms with Crippen LogP contribution in [0.3, 0.4) is 0 Å². The number of hydrogen-bond acceptors (Lipinski definition) is 5. The van der Waals surface area contributed by atoms with Crippen molar-refractivity contribution in [1.29, 1.82) is 0 Å². The van der Waals surface area contributed by atoms with Gasteiger partial charge in [0.1, 0.15) is 0 Å². The van der Waals surface area contributed by atoms with E-state index >= 15 is 0 Å². The van der Waals surface area contributed by atoms with E-state index in [9.17, 15) is 9.59 Å². The van der Waals surface area contributed by atoms with Gasteiger partial charge >= 0.3 is 0 Å². The number of nitrogens with one attached hydrogen (secondary N) is 1. The van der Waals surface area contributed by atoms with E-state index in [0.717, 1.165) is 23.4 Å². The van der Waals surface area contributed by atoms with Crippen LogP contribution in [0.15, 0.2) is 45.7 Å². The average molecular weight is 380 g/mol. The van der Waals surface area contributed by atoms with Gasteiger partial charge in [0.15, 0.2) is 0 Å². The Kier molecular flexibility index (Phi) is 6.03. The standard InChI is InChI=1S/C21H24N4O3/c1-4-13-25-15(3)9-10-16(21(25)27)20-23-19(28-24-20)12-11-18(26)22-17-8-6-5-7-14(17)2/h5-10H,4,11-13H2,1-3H3,(H,22,26). The van der Waals surface area contributed by atoms with Gasteiger partial charge in [-0.1, -0.05) is 30.3 Å². The van der Waals surface area contributed by atoms with Crippen LogP contribution in [0.2, 0.25) is 0 Å². The minimum atomic E-state index is -0.133. The Balaban J connectivity index is 1.68. The summed E-state index contributed by atoms with van der Waals surface area (Å²) in [5.74, 6) is 0.454. The lowest BCUT2D eigenvalue weighted by atomic mass is 10.2. The quantitative estimate of drug-likeness (QED) is 0.677. The highest BCUT2D eigenvalue weighted by atomic mass is 16.5. The van der Waals surface area contributed by atoms with Crippen molar-refractivity contribution in [2.45, 2.75) is 46.6 Å². The molecule has 0 aliphatic carbocycles. The SMILES string of the molecule is CCCn1c(C)ccc(-c2noc(CCC(=O)Nc3ccccc3C)n2)c1=O. The second-order valence-electron chi connectivity index (χ2n) is 6.72. The van der Waals surface area contributed by atoms with Crippen molar-refractivity contribution < 1.29 is 9.32 Å². The molecule has 0 saturated carbocycles. The van der Waals surface area contributed by atoms with Gasteiger partial charge in [-0.2, -0.15) is 4.98 Å². The van der Waals surface area contributed by atoms with Gasteiger partial charge in [0.2, 0.25) is 17.6 Å². The van der Waals surface area contributed by atoms with E-state index < -0.39 is 0 Å². The molecule has 7 nitrogen and oxygen atoms in total. The summed E-state index contributed by atoms with van der Waals surface area (Å²) < 4.78 is 6.95. The first kappa shape index (κ1) is 19.5. The Bertz CT molecular complexity index is 1040. The molecule has 0 atom stereocenters. The monoisotopic (exact) mass is 380 g/mol. The zero-order valence-corrected chi connectivity index (χ0v) is 16.4. The summed E-state index contributed by atoms with van der Waals surface area (Å²) in [5.41, 5.74) is 2.95. The number of nitrogens with zero attached hydrogens (tertiary/aromatic N) is 3. The fraction of sp³-hybridized carbons (Fsp3) is 0.333. The van der Waals surface area contributed by atoms with Crippen molar-refractivity contribution in [3.63, 3.8) is 0 Å². The fourth-order valence-corrected chi connectivity index (χ4v) is 2.95. The van der Waals surface area contributed by atoms with E-state index in [-0.39, 0.29) is 23.7 Å². The number of hydrogen-bond donors (Lipinski definition) is 1. The predicted octanol–water partition coefficient (Wildman–Crippen LogP) is 3.50. The Hall–Kier alpha value is -3.22. The molecular formula is C21H24N4O3. The number of carbonyl (C=O) groups excluding carboxylic acids is 1. The maximum atomic E-state index is 12.7. The highest BCUT2D eigenvalue weighted by Crippen LogP contribution is 2.15. The van der Waals surface area contributed by atoms with Crippen LogP contribution in [-0.4, -0.2) is 20.6 Å². The third kappa shape index (κ3) is 4.36. The second kappa shape index (κ2) is 8.65. The van der Waals surface area contributed by atoms with Gasteiger partial charge in [-0.05, 0) is 44.0 Å². The molecule has 2 heterocycles. The van der Waals surface area contributed by atoms with Crippen LogP contribution in [0.25, 0.3) is 11.4 Å². The minimum Gasteiger partial charge on any atom is -0.339 e. The molecule has 3 aromatic rings. The van der Waals surface area contributed by atoms with Gasteiger partial charge in [0.05, 0.1) is 5.56 Å². The lowest BCUT2D eigenvalue weighted by Crippen LogP contribution is -2.23. The topological polar surface area (TPSA) is 90.0 Å². The normalized spacial score (nSPS) is 10.8. The molecule has 146 valence electrons. The molecule has 0 bridgehead atoms. The molecule has 1 aromatic carbocycles. The molecular weight excluding hydrogens is 356 g/mol. The van der Waals surface area contributed by atoms with E-state index in [2.05, 4.69) is 15.5 Å². The second-order valence-corrected chi connectivity index (χ2v) is 6.72. The molecule has 7 heteroatoms. The molecule has 1 amide bonds. The summed E-state index contributed by atoms with van der Waals surface area (Å²) in [4.78, 5) is 29.1. The van der Waals surface area contributed by atoms with E-state index in [1.54, 1.807) is 10.6 Å². The number of amides is 1. The Morgan fingerprint density at radius 2 is 1.96 bits per heavy atom. The van der Waals surface area contributed by atoms with Crippen LogP contribution < -0.4 is 10.9 Å². The fourth-order valence-electron chi connectivity index (χ4n) is 2.95. The van der Waals surface area contributed by atoms with Crippen molar-refractivity contribution in [1.82, 2.24) is 14.7 Å². The van der Waals surface area contributed by atoms with Crippen molar-refractivity contribution in [2.24, 2.45) is 0 Å². The Morgan fingerprint density at radius 3 is 2.71 bits per heavy atom. The van der Waals surface area contributed by atoms with Crippen molar-refractivity contribution in [3.05, 3.63) is 63.9 Å². The number of aromatic nitrogens is 3. The third-order valence-corrected chi connectivity index (χ3v) is 4.53. The summed E-state index contributed by atoms with van der Waals surface area (Å²) in [5, 5.41) is 6.80. The number of para-hydroxylation sites is 1. The number of pyridine rings is 1. The van der Waals surface area contributed by atoms with Crippen molar-refractivity contribution >= 4 is 11.6 Å². The number of carbonyl (C=O) groups is 1. The zero-order valence-electron chi connectivity index (χ0n) is 16.4. The van der Waals surface area contributed by atoms with E-state index in [4.69, 9.17) is 4.52 Å². The van der Waals surface area contributed by atoms with Gasteiger partial charge < -0.3 is 14.4 Å². The smallest absolute Gasteiger partial charge is 0.261 e. The van der Waals surface area contributed by atoms with Gasteiger partial charge in [-0.25, -0.2) is 0 Å². The van der Waals surface area contributed by atoms with Crippen LogP contribution in [0.5, 0.6) is 0 Å². The van der Waals surface area contributed by atoms with Crippen LogP contribution in [-0.2, 0) is 17.8 Å². The summed E-state index contributed by atoms with van der Waals surface area (Å²) in [7, 11) is 0. The van der Waals surface area contributed by atoms with Crippen LogP contribution >= 0.6 is 0 Å². The van der Waals surface area contributed by atoms with Gasteiger partial charge in [-0.15, -0.1) is 0 Å². The summed E-state index contributed by atoms with van der Waals surface area (Å²) in [6.45, 7) is 6.50. The largest absolute Gasteiger partial charge is 0.339 e. The number of anilines is 1. The Morgan fingerprint density at radius 1 is 1.18 bits per heavy atom. The molecule has 1 N–H and O–H groups in total. The summed E-state index contributed by atoms with van der Waals surface area (Å²) in [6, 6.07) is 11.2. The first-order chi connectivity index (χ1) is 13.5. The molecule has 0 spiro atoms. The highest BCUT2D eigenvalue weighted by molar-refractivity contribution is 5.91. The molecule has 0 aliphatic heterocycles. The van der Waals surface area contributed by atoms with Crippen LogP contribution in [0, 0.1) is 13.8 Å². The molecule has 0 saturated heterocycles. The van der Waals surface area contributed by atoms with Crippen LogP contribution in [0.1, 0.15) is 36.9 Å². The summed E-state index contributed by atoms with van der Waals surface area (Å²) in [6.07, 6.45) is 1.38. The van der Waals surface area contributed by atoms with E-state index in [1.807, 2.05) is 51.1 Å². The van der Waals surface area contributed by atoms with E-state index in [1.165, 1.54) is 0 Å². The van der Waals surface area contributed by atoms with E-state index in [0.29, 0.717) is 24.4 Å². The first-order valence-corrected chi connectivity index (χ1v) is 9.38. The lowest BCUT2D eigenvalue weighted by molar-refractivity contribution is -0.116. The number of rotatable bonds is 7. The van der Waals surface area contributed by atoms with Gasteiger partial charge in [-0.3, -0.25) is 9.59 Å². The van der Waals surface area contributed by atoms with Crippen molar-refractivity contribution in [3.8, 4) is 11.4 Å². The third-order valence-electron chi connectivity index (χ3n) is 4.53. The lowest BCUT2D eigenvalue weighted by Gasteiger charge is -2.09. The maximum absolute atomic E-state index is 12.7. The zero-order chi connectivity index (χ0) is 20.1. The molecule has 3 rings (SSSR count).